The van der Waals surface area contributed by atoms with Crippen LogP contribution in [-0.4, -0.2) is 9.97 Å². The molecule has 1 fully saturated rings. The Bertz CT molecular complexity index is 377. The van der Waals surface area contributed by atoms with Crippen LogP contribution in [0.1, 0.15) is 62.5 Å². The summed E-state index contributed by atoms with van der Waals surface area (Å²) < 4.78 is 0. The summed E-state index contributed by atoms with van der Waals surface area (Å²) in [6.45, 7) is 6.42. The predicted octanol–water partition coefficient (Wildman–Crippen LogP) is 3.22. The van der Waals surface area contributed by atoms with Crippen LogP contribution in [-0.2, 0) is 6.42 Å². The normalized spacial score (nSPS) is 24.2. The van der Waals surface area contributed by atoms with Crippen molar-refractivity contribution in [3.63, 3.8) is 0 Å². The average Bonchev–Trinajstić information content (AvgIpc) is 2.77. The molecule has 0 amide bonds. The zero-order chi connectivity index (χ0) is 12.4. The van der Waals surface area contributed by atoms with Crippen molar-refractivity contribution in [2.24, 2.45) is 5.92 Å². The molecular weight excluding hydrogens is 210 g/mol. The fourth-order valence-corrected chi connectivity index (χ4v) is 2.94. The van der Waals surface area contributed by atoms with Gasteiger partial charge in [0.05, 0.1) is 0 Å². The highest BCUT2D eigenvalue weighted by atomic mass is 15.0. The number of aromatic nitrogens is 2. The topological polar surface area (TPSA) is 51.8 Å². The highest BCUT2D eigenvalue weighted by Gasteiger charge is 2.27. The molecule has 1 aliphatic carbocycles. The number of hydrogen-bond acceptors (Lipinski definition) is 3. The molecule has 0 aliphatic heterocycles. The fraction of sp³-hybridized carbons (Fsp3) is 0.714. The lowest BCUT2D eigenvalue weighted by Gasteiger charge is -2.13. The third-order valence-corrected chi connectivity index (χ3v) is 4.10. The Labute approximate surface area is 104 Å². The summed E-state index contributed by atoms with van der Waals surface area (Å²) in [6, 6.07) is 0. The monoisotopic (exact) mass is 233 g/mol. The summed E-state index contributed by atoms with van der Waals surface area (Å²) in [6.07, 6.45) is 5.97. The Hall–Kier alpha value is -1.12. The Kier molecular flexibility index (Phi) is 3.65. The largest absolute Gasteiger partial charge is 0.383 e. The van der Waals surface area contributed by atoms with Gasteiger partial charge in [0.2, 0.25) is 0 Å². The molecular formula is C14H23N3. The molecule has 2 atom stereocenters. The molecule has 2 rings (SSSR count). The minimum absolute atomic E-state index is 0.534. The van der Waals surface area contributed by atoms with Gasteiger partial charge in [0.25, 0.3) is 0 Å². The van der Waals surface area contributed by atoms with Crippen molar-refractivity contribution in [3.8, 4) is 0 Å². The molecule has 0 aromatic carbocycles. The van der Waals surface area contributed by atoms with Crippen molar-refractivity contribution >= 4 is 5.82 Å². The van der Waals surface area contributed by atoms with Crippen LogP contribution in [0.5, 0.6) is 0 Å². The van der Waals surface area contributed by atoms with Gasteiger partial charge >= 0.3 is 0 Å². The molecule has 0 radical (unpaired) electrons. The summed E-state index contributed by atoms with van der Waals surface area (Å²) in [5, 5.41) is 0. The minimum Gasteiger partial charge on any atom is -0.383 e. The van der Waals surface area contributed by atoms with Crippen molar-refractivity contribution in [2.75, 3.05) is 5.73 Å². The number of hydrogen-bond donors (Lipinski definition) is 1. The van der Waals surface area contributed by atoms with E-state index in [0.29, 0.717) is 11.7 Å². The van der Waals surface area contributed by atoms with Crippen LogP contribution in [0.25, 0.3) is 0 Å². The highest BCUT2D eigenvalue weighted by molar-refractivity contribution is 5.42. The van der Waals surface area contributed by atoms with Crippen LogP contribution in [0.15, 0.2) is 0 Å². The molecule has 0 saturated heterocycles. The summed E-state index contributed by atoms with van der Waals surface area (Å²) >= 11 is 0. The first-order valence-corrected chi connectivity index (χ1v) is 6.78. The lowest BCUT2D eigenvalue weighted by Crippen LogP contribution is -2.09. The maximum absolute atomic E-state index is 6.02. The van der Waals surface area contributed by atoms with Crippen molar-refractivity contribution in [3.05, 3.63) is 17.1 Å². The third-order valence-electron chi connectivity index (χ3n) is 4.10. The Morgan fingerprint density at radius 1 is 1.24 bits per heavy atom. The molecule has 3 heteroatoms. The van der Waals surface area contributed by atoms with Gasteiger partial charge in [0, 0.05) is 17.2 Å². The van der Waals surface area contributed by atoms with Crippen LogP contribution in [0.3, 0.4) is 0 Å². The van der Waals surface area contributed by atoms with Crippen molar-refractivity contribution in [1.29, 1.82) is 0 Å². The van der Waals surface area contributed by atoms with Gasteiger partial charge in [0.15, 0.2) is 0 Å². The number of nitrogens with zero attached hydrogens (tertiary/aromatic N) is 2. The molecule has 0 bridgehead atoms. The maximum atomic E-state index is 6.02. The van der Waals surface area contributed by atoms with E-state index in [1.54, 1.807) is 0 Å². The van der Waals surface area contributed by atoms with E-state index in [2.05, 4.69) is 23.8 Å². The van der Waals surface area contributed by atoms with E-state index < -0.39 is 0 Å². The fourth-order valence-electron chi connectivity index (χ4n) is 2.94. The second-order valence-electron chi connectivity index (χ2n) is 5.17. The lowest BCUT2D eigenvalue weighted by molar-refractivity contribution is 0.516. The second kappa shape index (κ2) is 5.03. The van der Waals surface area contributed by atoms with Gasteiger partial charge in [-0.05, 0) is 38.5 Å². The SMILES string of the molecule is CCc1c(C)nc(C2CCC(CC)C2)nc1N. The quantitative estimate of drug-likeness (QED) is 0.872. The smallest absolute Gasteiger partial charge is 0.134 e. The molecule has 1 saturated carbocycles. The number of aryl methyl sites for hydroxylation is 1. The molecule has 1 aromatic rings. The third kappa shape index (κ3) is 2.43. The number of nitrogens with two attached hydrogens (primary N) is 1. The van der Waals surface area contributed by atoms with E-state index in [-0.39, 0.29) is 0 Å². The molecule has 3 nitrogen and oxygen atoms in total. The zero-order valence-corrected chi connectivity index (χ0v) is 11.2. The molecule has 94 valence electrons. The standard InChI is InChI=1S/C14H23N3/c1-4-10-6-7-11(8-10)14-16-9(3)12(5-2)13(15)17-14/h10-11H,4-8H2,1-3H3,(H2,15,16,17). The first-order chi connectivity index (χ1) is 8.15. The van der Waals surface area contributed by atoms with Gasteiger partial charge in [-0.3, -0.25) is 0 Å². The van der Waals surface area contributed by atoms with Crippen molar-refractivity contribution < 1.29 is 0 Å². The minimum atomic E-state index is 0.534. The lowest BCUT2D eigenvalue weighted by atomic mass is 10.0. The van der Waals surface area contributed by atoms with Crippen LogP contribution in [0, 0.1) is 12.8 Å². The predicted molar refractivity (Wildman–Crippen MR) is 70.9 cm³/mol. The van der Waals surface area contributed by atoms with E-state index in [9.17, 15) is 0 Å². The summed E-state index contributed by atoms with van der Waals surface area (Å²) in [5.74, 6) is 3.06. The second-order valence-corrected chi connectivity index (χ2v) is 5.17. The van der Waals surface area contributed by atoms with Crippen molar-refractivity contribution in [1.82, 2.24) is 9.97 Å². The molecule has 1 aromatic heterocycles. The van der Waals surface area contributed by atoms with Crippen LogP contribution >= 0.6 is 0 Å². The van der Waals surface area contributed by atoms with E-state index in [1.807, 2.05) is 6.92 Å². The first-order valence-electron chi connectivity index (χ1n) is 6.78. The Balaban J connectivity index is 2.23. The highest BCUT2D eigenvalue weighted by Crippen LogP contribution is 2.38. The molecule has 17 heavy (non-hydrogen) atoms. The van der Waals surface area contributed by atoms with Gasteiger partial charge in [-0.1, -0.05) is 20.3 Å². The molecule has 0 spiro atoms. The molecule has 1 heterocycles. The van der Waals surface area contributed by atoms with Crippen LogP contribution in [0.2, 0.25) is 0 Å². The Morgan fingerprint density at radius 2 is 2.00 bits per heavy atom. The molecule has 2 unspecified atom stereocenters. The van der Waals surface area contributed by atoms with Gasteiger partial charge in [-0.2, -0.15) is 0 Å². The summed E-state index contributed by atoms with van der Waals surface area (Å²) in [7, 11) is 0. The van der Waals surface area contributed by atoms with Gasteiger partial charge < -0.3 is 5.73 Å². The van der Waals surface area contributed by atoms with Gasteiger partial charge in [-0.15, -0.1) is 0 Å². The van der Waals surface area contributed by atoms with Gasteiger partial charge in [0.1, 0.15) is 11.6 Å². The van der Waals surface area contributed by atoms with E-state index in [1.165, 1.54) is 25.7 Å². The maximum Gasteiger partial charge on any atom is 0.134 e. The van der Waals surface area contributed by atoms with Crippen LogP contribution in [0.4, 0.5) is 5.82 Å². The summed E-state index contributed by atoms with van der Waals surface area (Å²) in [5.41, 5.74) is 8.19. The Morgan fingerprint density at radius 3 is 2.53 bits per heavy atom. The summed E-state index contributed by atoms with van der Waals surface area (Å²) in [4.78, 5) is 9.19. The van der Waals surface area contributed by atoms with Crippen LogP contribution < -0.4 is 5.73 Å². The zero-order valence-electron chi connectivity index (χ0n) is 11.2. The van der Waals surface area contributed by atoms with E-state index in [0.717, 1.165) is 29.4 Å². The average molecular weight is 233 g/mol. The molecule has 1 aliphatic rings. The first kappa shape index (κ1) is 12.3. The van der Waals surface area contributed by atoms with E-state index >= 15 is 0 Å². The van der Waals surface area contributed by atoms with Gasteiger partial charge in [-0.25, -0.2) is 9.97 Å². The number of nitrogen functional groups attached to an aromatic ring is 1. The molecule has 2 N–H and O–H groups in total. The number of rotatable bonds is 3. The van der Waals surface area contributed by atoms with E-state index in [4.69, 9.17) is 5.73 Å². The number of anilines is 1. The van der Waals surface area contributed by atoms with Crippen molar-refractivity contribution in [2.45, 2.75) is 58.8 Å².